The van der Waals surface area contributed by atoms with E-state index in [1.165, 1.54) is 0 Å². The number of hydrogen-bond acceptors (Lipinski definition) is 3. The molecule has 2 N–H and O–H groups in total. The number of hydrogen-bond donors (Lipinski definition) is 2. The lowest BCUT2D eigenvalue weighted by Gasteiger charge is -2.16. The Balaban J connectivity index is 2.41. The van der Waals surface area contributed by atoms with Crippen molar-refractivity contribution < 1.29 is 14.7 Å². The van der Waals surface area contributed by atoms with Crippen LogP contribution in [0.3, 0.4) is 0 Å². The Hall–Kier alpha value is -1.59. The van der Waals surface area contributed by atoms with Crippen molar-refractivity contribution in [3.63, 3.8) is 0 Å². The molecular formula is C14H19ClN2O3. The number of likely N-dealkylation sites (N-methyl/N-ethyl adjacent to an activating group) is 1. The number of carboxylic acids is 1. The number of nitrogens with zero attached hydrogens (tertiary/aromatic N) is 1. The van der Waals surface area contributed by atoms with Crippen molar-refractivity contribution in [2.24, 2.45) is 0 Å². The van der Waals surface area contributed by atoms with Crippen LogP contribution < -0.4 is 5.32 Å². The summed E-state index contributed by atoms with van der Waals surface area (Å²) in [5, 5.41) is 11.8. The highest BCUT2D eigenvalue weighted by Crippen LogP contribution is 2.22. The number of benzene rings is 1. The zero-order chi connectivity index (χ0) is 15.1. The molecule has 0 heterocycles. The summed E-state index contributed by atoms with van der Waals surface area (Å²) in [5.41, 5.74) is 1.61. The predicted molar refractivity (Wildman–Crippen MR) is 79.2 cm³/mol. The molecule has 0 aliphatic rings. The average molecular weight is 299 g/mol. The standard InChI is InChI=1S/C14H19ClN2O3/c1-10-5-6-12(11(15)8-10)16-13(18)9-17(2)7-3-4-14(19)20/h5-6,8H,3-4,7,9H2,1-2H3,(H,16,18)(H,19,20). The van der Waals surface area contributed by atoms with Crippen LogP contribution >= 0.6 is 11.6 Å². The van der Waals surface area contributed by atoms with Crippen LogP contribution in [-0.2, 0) is 9.59 Å². The summed E-state index contributed by atoms with van der Waals surface area (Å²) in [4.78, 5) is 24.0. The molecule has 1 aromatic carbocycles. The number of carboxylic acid groups (broad SMARTS) is 1. The van der Waals surface area contributed by atoms with Crippen LogP contribution in [0.25, 0.3) is 0 Å². The number of anilines is 1. The van der Waals surface area contributed by atoms with E-state index in [2.05, 4.69) is 5.32 Å². The molecule has 0 saturated heterocycles. The van der Waals surface area contributed by atoms with Gasteiger partial charge in [-0.2, -0.15) is 0 Å². The molecule has 0 spiro atoms. The maximum atomic E-state index is 11.8. The molecule has 1 rings (SSSR count). The minimum Gasteiger partial charge on any atom is -0.481 e. The number of rotatable bonds is 7. The van der Waals surface area contributed by atoms with E-state index in [-0.39, 0.29) is 18.9 Å². The molecule has 110 valence electrons. The van der Waals surface area contributed by atoms with Gasteiger partial charge in [-0.05, 0) is 44.6 Å². The highest BCUT2D eigenvalue weighted by Gasteiger charge is 2.09. The van der Waals surface area contributed by atoms with Crippen molar-refractivity contribution in [1.82, 2.24) is 4.90 Å². The van der Waals surface area contributed by atoms with Crippen LogP contribution in [0.5, 0.6) is 0 Å². The molecule has 0 bridgehead atoms. The van der Waals surface area contributed by atoms with Gasteiger partial charge in [-0.1, -0.05) is 17.7 Å². The van der Waals surface area contributed by atoms with Gasteiger partial charge in [0, 0.05) is 6.42 Å². The molecule has 0 aliphatic heterocycles. The molecule has 1 aromatic rings. The van der Waals surface area contributed by atoms with E-state index in [0.717, 1.165) is 5.56 Å². The topological polar surface area (TPSA) is 69.6 Å². The summed E-state index contributed by atoms with van der Waals surface area (Å²) >= 11 is 6.04. The first-order valence-electron chi connectivity index (χ1n) is 6.35. The summed E-state index contributed by atoms with van der Waals surface area (Å²) in [5.74, 6) is -0.997. The molecular weight excluding hydrogens is 280 g/mol. The fourth-order valence-electron chi connectivity index (χ4n) is 1.74. The highest BCUT2D eigenvalue weighted by atomic mass is 35.5. The lowest BCUT2D eigenvalue weighted by Crippen LogP contribution is -2.31. The highest BCUT2D eigenvalue weighted by molar-refractivity contribution is 6.33. The summed E-state index contributed by atoms with van der Waals surface area (Å²) in [6, 6.07) is 5.42. The van der Waals surface area contributed by atoms with Crippen LogP contribution in [0, 0.1) is 6.92 Å². The van der Waals surface area contributed by atoms with Crippen molar-refractivity contribution in [1.29, 1.82) is 0 Å². The second-order valence-electron chi connectivity index (χ2n) is 4.77. The fraction of sp³-hybridized carbons (Fsp3) is 0.429. The van der Waals surface area contributed by atoms with E-state index >= 15 is 0 Å². The first kappa shape index (κ1) is 16.5. The second kappa shape index (κ2) is 7.87. The Morgan fingerprint density at radius 3 is 2.70 bits per heavy atom. The maximum absolute atomic E-state index is 11.8. The first-order valence-corrected chi connectivity index (χ1v) is 6.72. The lowest BCUT2D eigenvalue weighted by molar-refractivity contribution is -0.137. The van der Waals surface area contributed by atoms with E-state index in [1.54, 1.807) is 24.1 Å². The van der Waals surface area contributed by atoms with E-state index in [4.69, 9.17) is 16.7 Å². The Kier molecular flexibility index (Phi) is 6.48. The molecule has 0 fully saturated rings. The smallest absolute Gasteiger partial charge is 0.303 e. The van der Waals surface area contributed by atoms with Crippen LogP contribution in [0.2, 0.25) is 5.02 Å². The summed E-state index contributed by atoms with van der Waals surface area (Å²) in [6.45, 7) is 2.68. The number of amides is 1. The number of halogens is 1. The van der Waals surface area contributed by atoms with Gasteiger partial charge in [0.05, 0.1) is 17.3 Å². The molecule has 1 amide bonds. The van der Waals surface area contributed by atoms with Crippen molar-refractivity contribution in [2.45, 2.75) is 19.8 Å². The predicted octanol–water partition coefficient (Wildman–Crippen LogP) is 2.38. The molecule has 0 radical (unpaired) electrons. The first-order chi connectivity index (χ1) is 9.38. The van der Waals surface area contributed by atoms with Gasteiger partial charge < -0.3 is 10.4 Å². The third-order valence-corrected chi connectivity index (χ3v) is 3.06. The Labute approximate surface area is 123 Å². The lowest BCUT2D eigenvalue weighted by atomic mass is 10.2. The molecule has 20 heavy (non-hydrogen) atoms. The van der Waals surface area contributed by atoms with Crippen LogP contribution in [-0.4, -0.2) is 42.0 Å². The molecule has 0 aromatic heterocycles. The van der Waals surface area contributed by atoms with Crippen LogP contribution in [0.4, 0.5) is 5.69 Å². The van der Waals surface area contributed by atoms with Gasteiger partial charge in [-0.3, -0.25) is 14.5 Å². The molecule has 0 unspecified atom stereocenters. The monoisotopic (exact) mass is 298 g/mol. The normalized spacial score (nSPS) is 10.6. The molecule has 0 aliphatic carbocycles. The van der Waals surface area contributed by atoms with Gasteiger partial charge in [0.2, 0.25) is 5.91 Å². The number of aliphatic carboxylic acids is 1. The van der Waals surface area contributed by atoms with Gasteiger partial charge in [0.25, 0.3) is 0 Å². The van der Waals surface area contributed by atoms with Crippen molar-refractivity contribution in [3.8, 4) is 0 Å². The Morgan fingerprint density at radius 1 is 1.40 bits per heavy atom. The second-order valence-corrected chi connectivity index (χ2v) is 5.17. The minimum absolute atomic E-state index is 0.107. The zero-order valence-electron chi connectivity index (χ0n) is 11.6. The fourth-order valence-corrected chi connectivity index (χ4v) is 2.02. The number of aryl methyl sites for hydroxylation is 1. The van der Waals surface area contributed by atoms with Crippen LogP contribution in [0.15, 0.2) is 18.2 Å². The van der Waals surface area contributed by atoms with Gasteiger partial charge >= 0.3 is 5.97 Å². The number of carbonyl (C=O) groups excluding carboxylic acids is 1. The molecule has 0 saturated carbocycles. The number of carbonyl (C=O) groups is 2. The maximum Gasteiger partial charge on any atom is 0.303 e. The summed E-state index contributed by atoms with van der Waals surface area (Å²) in [6.07, 6.45) is 0.625. The zero-order valence-corrected chi connectivity index (χ0v) is 12.4. The SMILES string of the molecule is Cc1ccc(NC(=O)CN(C)CCCC(=O)O)c(Cl)c1. The third-order valence-electron chi connectivity index (χ3n) is 2.74. The third kappa shape index (κ3) is 6.04. The van der Waals surface area contributed by atoms with Crippen molar-refractivity contribution in [2.75, 3.05) is 25.5 Å². The van der Waals surface area contributed by atoms with E-state index in [0.29, 0.717) is 23.7 Å². The van der Waals surface area contributed by atoms with E-state index in [1.807, 2.05) is 13.0 Å². The van der Waals surface area contributed by atoms with Gasteiger partial charge in [-0.15, -0.1) is 0 Å². The Morgan fingerprint density at radius 2 is 2.10 bits per heavy atom. The summed E-state index contributed by atoms with van der Waals surface area (Å²) < 4.78 is 0. The van der Waals surface area contributed by atoms with Gasteiger partial charge in [0.1, 0.15) is 0 Å². The molecule has 6 heteroatoms. The molecule has 5 nitrogen and oxygen atoms in total. The number of nitrogens with one attached hydrogen (secondary N) is 1. The molecule has 0 atom stereocenters. The van der Waals surface area contributed by atoms with Crippen molar-refractivity contribution >= 4 is 29.2 Å². The van der Waals surface area contributed by atoms with Crippen molar-refractivity contribution in [3.05, 3.63) is 28.8 Å². The largest absolute Gasteiger partial charge is 0.481 e. The summed E-state index contributed by atoms with van der Waals surface area (Å²) in [7, 11) is 1.78. The Bertz CT molecular complexity index is 491. The quantitative estimate of drug-likeness (QED) is 0.811. The average Bonchev–Trinajstić information content (AvgIpc) is 2.32. The van der Waals surface area contributed by atoms with E-state index < -0.39 is 5.97 Å². The minimum atomic E-state index is -0.825. The van der Waals surface area contributed by atoms with Crippen LogP contribution in [0.1, 0.15) is 18.4 Å². The van der Waals surface area contributed by atoms with E-state index in [9.17, 15) is 9.59 Å². The van der Waals surface area contributed by atoms with Gasteiger partial charge in [0.15, 0.2) is 0 Å². The van der Waals surface area contributed by atoms with Gasteiger partial charge in [-0.25, -0.2) is 0 Å².